The zero-order valence-corrected chi connectivity index (χ0v) is 15.1. The van der Waals surface area contributed by atoms with Gasteiger partial charge in [0.2, 0.25) is 5.91 Å². The van der Waals surface area contributed by atoms with Gasteiger partial charge in [-0.2, -0.15) is 0 Å². The number of nitrogens with one attached hydrogen (secondary N) is 1. The number of ether oxygens (including phenoxy) is 3. The smallest absolute Gasteiger partial charge is 0.239 e. The van der Waals surface area contributed by atoms with Crippen LogP contribution in [-0.2, 0) is 19.7 Å². The predicted octanol–water partition coefficient (Wildman–Crippen LogP) is 1.26. The number of methoxy groups -OCH3 is 2. The zero-order chi connectivity index (χ0) is 16.7. The Hall–Kier alpha value is -1.34. The maximum absolute atomic E-state index is 12.1. The second-order valence-electron chi connectivity index (χ2n) is 5.90. The van der Waals surface area contributed by atoms with Crippen molar-refractivity contribution in [2.75, 3.05) is 40.6 Å². The van der Waals surface area contributed by atoms with E-state index in [9.17, 15) is 4.79 Å². The summed E-state index contributed by atoms with van der Waals surface area (Å²) in [5.41, 5.74) is 6.84. The second kappa shape index (κ2) is 9.84. The number of halogens is 1. The maximum atomic E-state index is 12.1. The van der Waals surface area contributed by atoms with Gasteiger partial charge in [0.15, 0.2) is 0 Å². The summed E-state index contributed by atoms with van der Waals surface area (Å²) in [5.74, 6) is 0.633. The fraction of sp³-hybridized carbons (Fsp3) is 0.588. The van der Waals surface area contributed by atoms with Crippen LogP contribution in [0, 0.1) is 0 Å². The van der Waals surface area contributed by atoms with Crippen molar-refractivity contribution >= 4 is 18.3 Å². The molecule has 1 aliphatic rings. The molecule has 2 rings (SSSR count). The highest BCUT2D eigenvalue weighted by molar-refractivity contribution is 5.85. The minimum absolute atomic E-state index is 0. The van der Waals surface area contributed by atoms with E-state index in [0.29, 0.717) is 19.8 Å². The Balaban J connectivity index is 0.00000288. The van der Waals surface area contributed by atoms with Gasteiger partial charge in [-0.05, 0) is 30.5 Å². The quantitative estimate of drug-likeness (QED) is 0.766. The standard InChI is InChI=1S/C17H26N2O4.ClH/c1-21-11-15(18)16(20)19-12-17(7-9-23-10-8-17)13-3-5-14(22-2)6-4-13;/h3-6,15H,7-12,18H2,1-2H3,(H,19,20);1H. The van der Waals surface area contributed by atoms with Crippen molar-refractivity contribution in [3.8, 4) is 5.75 Å². The molecule has 0 saturated carbocycles. The molecule has 1 aliphatic heterocycles. The summed E-state index contributed by atoms with van der Waals surface area (Å²) in [6.07, 6.45) is 1.72. The highest BCUT2D eigenvalue weighted by Crippen LogP contribution is 2.35. The van der Waals surface area contributed by atoms with E-state index in [-0.39, 0.29) is 30.3 Å². The van der Waals surface area contributed by atoms with Crippen LogP contribution in [0.2, 0.25) is 0 Å². The molecule has 0 spiro atoms. The van der Waals surface area contributed by atoms with E-state index in [4.69, 9.17) is 19.9 Å². The van der Waals surface area contributed by atoms with Crippen LogP contribution < -0.4 is 15.8 Å². The Labute approximate surface area is 149 Å². The molecule has 1 aromatic carbocycles. The molecule has 3 N–H and O–H groups in total. The molecule has 1 atom stereocenters. The predicted molar refractivity (Wildman–Crippen MR) is 94.8 cm³/mol. The summed E-state index contributed by atoms with van der Waals surface area (Å²) in [6.45, 7) is 2.13. The van der Waals surface area contributed by atoms with Crippen molar-refractivity contribution in [1.29, 1.82) is 0 Å². The molecule has 0 aromatic heterocycles. The normalized spacial score (nSPS) is 17.5. The highest BCUT2D eigenvalue weighted by atomic mass is 35.5. The van der Waals surface area contributed by atoms with Crippen LogP contribution in [0.4, 0.5) is 0 Å². The molecule has 7 heteroatoms. The van der Waals surface area contributed by atoms with Crippen LogP contribution in [0.5, 0.6) is 5.75 Å². The molecule has 24 heavy (non-hydrogen) atoms. The van der Waals surface area contributed by atoms with E-state index in [1.165, 1.54) is 12.7 Å². The van der Waals surface area contributed by atoms with E-state index in [1.807, 2.05) is 12.1 Å². The van der Waals surface area contributed by atoms with Gasteiger partial charge in [-0.1, -0.05) is 12.1 Å². The molecular weight excluding hydrogens is 332 g/mol. The van der Waals surface area contributed by atoms with Crippen LogP contribution in [0.3, 0.4) is 0 Å². The average Bonchev–Trinajstić information content (AvgIpc) is 2.60. The Bertz CT molecular complexity index is 504. The van der Waals surface area contributed by atoms with Gasteiger partial charge in [-0.25, -0.2) is 0 Å². The molecule has 6 nitrogen and oxygen atoms in total. The van der Waals surface area contributed by atoms with Gasteiger partial charge in [-0.15, -0.1) is 12.4 Å². The number of carbonyl (C=O) groups excluding carboxylic acids is 1. The number of benzene rings is 1. The van der Waals surface area contributed by atoms with Gasteiger partial charge in [0, 0.05) is 32.3 Å². The van der Waals surface area contributed by atoms with E-state index < -0.39 is 6.04 Å². The zero-order valence-electron chi connectivity index (χ0n) is 14.2. The lowest BCUT2D eigenvalue weighted by molar-refractivity contribution is -0.124. The fourth-order valence-electron chi connectivity index (χ4n) is 2.92. The number of amides is 1. The molecule has 1 aromatic rings. The van der Waals surface area contributed by atoms with Gasteiger partial charge in [0.05, 0.1) is 13.7 Å². The van der Waals surface area contributed by atoms with E-state index in [1.54, 1.807) is 7.11 Å². The molecule has 0 radical (unpaired) electrons. The highest BCUT2D eigenvalue weighted by Gasteiger charge is 2.35. The van der Waals surface area contributed by atoms with Crippen LogP contribution in [-0.4, -0.2) is 52.5 Å². The van der Waals surface area contributed by atoms with Crippen LogP contribution in [0.15, 0.2) is 24.3 Å². The largest absolute Gasteiger partial charge is 0.497 e. The molecule has 136 valence electrons. The Morgan fingerprint density at radius 1 is 1.29 bits per heavy atom. The first-order valence-corrected chi connectivity index (χ1v) is 7.86. The van der Waals surface area contributed by atoms with Crippen molar-refractivity contribution in [2.45, 2.75) is 24.3 Å². The van der Waals surface area contributed by atoms with Gasteiger partial charge >= 0.3 is 0 Å². The van der Waals surface area contributed by atoms with Crippen LogP contribution in [0.25, 0.3) is 0 Å². The number of hydrogen-bond donors (Lipinski definition) is 2. The van der Waals surface area contributed by atoms with Crippen molar-refractivity contribution < 1.29 is 19.0 Å². The molecule has 1 unspecified atom stereocenters. The molecule has 1 heterocycles. The minimum atomic E-state index is -0.646. The minimum Gasteiger partial charge on any atom is -0.497 e. The van der Waals surface area contributed by atoms with Crippen molar-refractivity contribution in [3.05, 3.63) is 29.8 Å². The van der Waals surface area contributed by atoms with Gasteiger partial charge in [0.1, 0.15) is 11.8 Å². The van der Waals surface area contributed by atoms with Gasteiger partial charge in [-0.3, -0.25) is 4.79 Å². The first-order chi connectivity index (χ1) is 11.1. The first kappa shape index (κ1) is 20.7. The fourth-order valence-corrected chi connectivity index (χ4v) is 2.92. The summed E-state index contributed by atoms with van der Waals surface area (Å²) in [6, 6.07) is 7.38. The summed E-state index contributed by atoms with van der Waals surface area (Å²) in [7, 11) is 3.18. The number of nitrogens with two attached hydrogens (primary N) is 1. The first-order valence-electron chi connectivity index (χ1n) is 7.86. The Kier molecular flexibility index (Phi) is 8.48. The lowest BCUT2D eigenvalue weighted by atomic mass is 9.74. The van der Waals surface area contributed by atoms with Crippen LogP contribution >= 0.6 is 12.4 Å². The molecule has 1 saturated heterocycles. The number of rotatable bonds is 7. The average molecular weight is 359 g/mol. The number of hydrogen-bond acceptors (Lipinski definition) is 5. The van der Waals surface area contributed by atoms with Gasteiger partial charge < -0.3 is 25.3 Å². The lowest BCUT2D eigenvalue weighted by Crippen LogP contribution is -2.50. The summed E-state index contributed by atoms with van der Waals surface area (Å²) < 4.78 is 15.7. The summed E-state index contributed by atoms with van der Waals surface area (Å²) >= 11 is 0. The third-order valence-corrected chi connectivity index (χ3v) is 4.44. The lowest BCUT2D eigenvalue weighted by Gasteiger charge is -2.38. The molecule has 1 fully saturated rings. The molecule has 0 aliphatic carbocycles. The number of carbonyl (C=O) groups is 1. The van der Waals surface area contributed by atoms with E-state index >= 15 is 0 Å². The Morgan fingerprint density at radius 3 is 2.46 bits per heavy atom. The topological polar surface area (TPSA) is 82.8 Å². The van der Waals surface area contributed by atoms with E-state index in [2.05, 4.69) is 17.4 Å². The van der Waals surface area contributed by atoms with Crippen molar-refractivity contribution in [1.82, 2.24) is 5.32 Å². The molecule has 0 bridgehead atoms. The second-order valence-corrected chi connectivity index (χ2v) is 5.90. The van der Waals surface area contributed by atoms with Crippen molar-refractivity contribution in [2.24, 2.45) is 5.73 Å². The third kappa shape index (κ3) is 5.08. The summed E-state index contributed by atoms with van der Waals surface area (Å²) in [5, 5.41) is 2.97. The van der Waals surface area contributed by atoms with Crippen molar-refractivity contribution in [3.63, 3.8) is 0 Å². The third-order valence-electron chi connectivity index (χ3n) is 4.44. The monoisotopic (exact) mass is 358 g/mol. The Morgan fingerprint density at radius 2 is 1.92 bits per heavy atom. The van der Waals surface area contributed by atoms with Gasteiger partial charge in [0.25, 0.3) is 0 Å². The molecule has 1 amide bonds. The SMILES string of the molecule is COCC(N)C(=O)NCC1(c2ccc(OC)cc2)CCOCC1.Cl. The van der Waals surface area contributed by atoms with Crippen LogP contribution in [0.1, 0.15) is 18.4 Å². The summed E-state index contributed by atoms with van der Waals surface area (Å²) in [4.78, 5) is 12.1. The maximum Gasteiger partial charge on any atom is 0.239 e. The van der Waals surface area contributed by atoms with E-state index in [0.717, 1.165) is 18.6 Å². The molecular formula is C17H27ClN2O4.